The average molecular weight is 408 g/mol. The molecule has 152 valence electrons. The lowest BCUT2D eigenvalue weighted by atomic mass is 10.1. The third-order valence-electron chi connectivity index (χ3n) is 4.15. The quantitative estimate of drug-likeness (QED) is 0.578. The van der Waals surface area contributed by atoms with E-state index in [1.807, 2.05) is 20.8 Å². The van der Waals surface area contributed by atoms with Gasteiger partial charge in [-0.2, -0.15) is 5.10 Å². The van der Waals surface area contributed by atoms with Crippen LogP contribution in [0.4, 0.5) is 5.69 Å². The molecule has 0 aliphatic rings. The van der Waals surface area contributed by atoms with E-state index in [1.165, 1.54) is 4.68 Å². The fraction of sp³-hybridized carbons (Fsp3) is 0.450. The van der Waals surface area contributed by atoms with Gasteiger partial charge in [-0.1, -0.05) is 24.9 Å². The topological polar surface area (TPSA) is 93.4 Å². The predicted molar refractivity (Wildman–Crippen MR) is 110 cm³/mol. The summed E-state index contributed by atoms with van der Waals surface area (Å²) in [4.78, 5) is 23.3. The van der Waals surface area contributed by atoms with Gasteiger partial charge < -0.3 is 15.2 Å². The molecule has 0 spiro atoms. The second-order valence-electron chi connectivity index (χ2n) is 6.72. The molecule has 28 heavy (non-hydrogen) atoms. The van der Waals surface area contributed by atoms with Gasteiger partial charge in [0.05, 0.1) is 30.1 Å². The van der Waals surface area contributed by atoms with Crippen molar-refractivity contribution < 1.29 is 14.6 Å². The summed E-state index contributed by atoms with van der Waals surface area (Å²) >= 11 is 6.13. The number of aromatic nitrogens is 2. The Morgan fingerprint density at radius 1 is 1.39 bits per heavy atom. The third kappa shape index (κ3) is 5.48. The van der Waals surface area contributed by atoms with Crippen LogP contribution in [-0.2, 0) is 6.42 Å². The van der Waals surface area contributed by atoms with Gasteiger partial charge in [0, 0.05) is 6.54 Å². The van der Waals surface area contributed by atoms with E-state index >= 15 is 0 Å². The lowest BCUT2D eigenvalue weighted by Crippen LogP contribution is -2.26. The molecule has 1 aromatic heterocycles. The van der Waals surface area contributed by atoms with Gasteiger partial charge in [0.15, 0.2) is 0 Å². The van der Waals surface area contributed by atoms with Crippen molar-refractivity contribution in [3.8, 4) is 5.75 Å². The van der Waals surface area contributed by atoms with Gasteiger partial charge in [0.2, 0.25) is 0 Å². The molecule has 0 fully saturated rings. The molecular formula is C20H26ClN3O4. The number of aryl methyl sites for hydroxylation is 1. The molecule has 0 aliphatic carbocycles. The van der Waals surface area contributed by atoms with Crippen molar-refractivity contribution in [2.75, 3.05) is 18.5 Å². The van der Waals surface area contributed by atoms with Crippen LogP contribution in [0.5, 0.6) is 5.75 Å². The van der Waals surface area contributed by atoms with Gasteiger partial charge in [-0.05, 0) is 50.5 Å². The first kappa shape index (κ1) is 21.8. The summed E-state index contributed by atoms with van der Waals surface area (Å²) in [6, 6.07) is 4.85. The molecule has 0 saturated carbocycles. The maximum absolute atomic E-state index is 12.1. The highest BCUT2D eigenvalue weighted by atomic mass is 35.5. The van der Waals surface area contributed by atoms with Gasteiger partial charge in [0.25, 0.3) is 5.56 Å². The van der Waals surface area contributed by atoms with Crippen LogP contribution in [0.1, 0.15) is 55.6 Å². The fourth-order valence-corrected chi connectivity index (χ4v) is 2.93. The van der Waals surface area contributed by atoms with Gasteiger partial charge in [-0.15, -0.1) is 0 Å². The van der Waals surface area contributed by atoms with Crippen molar-refractivity contribution in [2.24, 2.45) is 0 Å². The van der Waals surface area contributed by atoms with Crippen LogP contribution in [0.2, 0.25) is 5.02 Å². The number of rotatable bonds is 10. The third-order valence-corrected chi connectivity index (χ3v) is 4.52. The monoisotopic (exact) mass is 407 g/mol. The number of carbonyl (C=O) groups is 1. The second-order valence-corrected chi connectivity index (χ2v) is 7.10. The largest absolute Gasteiger partial charge is 0.493 e. The van der Waals surface area contributed by atoms with Crippen LogP contribution >= 0.6 is 11.6 Å². The van der Waals surface area contributed by atoms with Crippen molar-refractivity contribution in [3.63, 3.8) is 0 Å². The van der Waals surface area contributed by atoms with E-state index in [0.29, 0.717) is 31.0 Å². The molecule has 2 N–H and O–H groups in total. The first-order chi connectivity index (χ1) is 13.3. The Bertz CT molecular complexity index is 880. The summed E-state index contributed by atoms with van der Waals surface area (Å²) in [6.07, 6.45) is 3.88. The van der Waals surface area contributed by atoms with Crippen LogP contribution in [0.15, 0.2) is 29.2 Å². The smallest absolute Gasteiger partial charge is 0.335 e. The van der Waals surface area contributed by atoms with Gasteiger partial charge in [-0.25, -0.2) is 9.48 Å². The summed E-state index contributed by atoms with van der Waals surface area (Å²) in [7, 11) is 0. The van der Waals surface area contributed by atoms with Crippen molar-refractivity contribution in [1.82, 2.24) is 9.78 Å². The summed E-state index contributed by atoms with van der Waals surface area (Å²) < 4.78 is 7.16. The molecule has 8 heteroatoms. The molecule has 0 amide bonds. The number of carboxylic acids is 1. The number of hydrogen-bond acceptors (Lipinski definition) is 5. The minimum atomic E-state index is -0.946. The zero-order chi connectivity index (χ0) is 20.7. The average Bonchev–Trinajstić information content (AvgIpc) is 2.65. The standard InChI is InChI=1S/C20H26ClN3O4/c1-4-6-14-11-15(20(26)27)7-8-17(14)28-10-5-9-22-16-12-23-24(13(2)3)19(25)18(16)21/h7-8,11-13,22H,4-6,9-10H2,1-3H3,(H,26,27). The number of aromatic carboxylic acids is 1. The zero-order valence-corrected chi connectivity index (χ0v) is 17.1. The molecule has 0 aliphatic heterocycles. The van der Waals surface area contributed by atoms with Gasteiger partial charge in [0.1, 0.15) is 10.8 Å². The van der Waals surface area contributed by atoms with E-state index in [4.69, 9.17) is 21.4 Å². The minimum absolute atomic E-state index is 0.0581. The Hall–Kier alpha value is -2.54. The lowest BCUT2D eigenvalue weighted by molar-refractivity contribution is 0.0696. The Balaban J connectivity index is 1.91. The van der Waals surface area contributed by atoms with E-state index in [1.54, 1.807) is 24.4 Å². The molecule has 0 atom stereocenters. The summed E-state index contributed by atoms with van der Waals surface area (Å²) in [5.74, 6) is -0.246. The van der Waals surface area contributed by atoms with Crippen molar-refractivity contribution >= 4 is 23.3 Å². The Kier molecular flexibility index (Phi) is 7.87. The molecule has 0 bridgehead atoms. The zero-order valence-electron chi connectivity index (χ0n) is 16.4. The normalized spacial score (nSPS) is 10.9. The maximum atomic E-state index is 12.1. The fourth-order valence-electron chi connectivity index (χ4n) is 2.73. The molecule has 1 aromatic carbocycles. The number of nitrogens with one attached hydrogen (secondary N) is 1. The second kappa shape index (κ2) is 10.1. The van der Waals surface area contributed by atoms with Crippen LogP contribution in [0, 0.1) is 0 Å². The summed E-state index contributed by atoms with van der Waals surface area (Å²) in [5, 5.41) is 16.5. The van der Waals surface area contributed by atoms with E-state index in [2.05, 4.69) is 10.4 Å². The SMILES string of the molecule is CCCc1cc(C(=O)O)ccc1OCCCNc1cnn(C(C)C)c(=O)c1Cl. The lowest BCUT2D eigenvalue weighted by Gasteiger charge is -2.14. The van der Waals surface area contributed by atoms with Crippen LogP contribution < -0.4 is 15.6 Å². The van der Waals surface area contributed by atoms with Crippen molar-refractivity contribution in [3.05, 3.63) is 50.9 Å². The number of nitrogens with zero attached hydrogens (tertiary/aromatic N) is 2. The van der Waals surface area contributed by atoms with Gasteiger partial charge >= 0.3 is 5.97 Å². The first-order valence-corrected chi connectivity index (χ1v) is 9.73. The van der Waals surface area contributed by atoms with Crippen LogP contribution in [0.25, 0.3) is 0 Å². The first-order valence-electron chi connectivity index (χ1n) is 9.35. The van der Waals surface area contributed by atoms with Crippen molar-refractivity contribution in [2.45, 2.75) is 46.1 Å². The maximum Gasteiger partial charge on any atom is 0.335 e. The Morgan fingerprint density at radius 3 is 2.79 bits per heavy atom. The number of anilines is 1. The Morgan fingerprint density at radius 2 is 2.14 bits per heavy atom. The molecule has 1 heterocycles. The molecular weight excluding hydrogens is 382 g/mol. The minimum Gasteiger partial charge on any atom is -0.493 e. The van der Waals surface area contributed by atoms with E-state index in [0.717, 1.165) is 18.4 Å². The molecule has 0 radical (unpaired) electrons. The van der Waals surface area contributed by atoms with Crippen LogP contribution in [0.3, 0.4) is 0 Å². The van der Waals surface area contributed by atoms with E-state index < -0.39 is 5.97 Å². The van der Waals surface area contributed by atoms with E-state index in [-0.39, 0.29) is 22.2 Å². The molecule has 0 saturated heterocycles. The number of hydrogen-bond donors (Lipinski definition) is 2. The summed E-state index contributed by atoms with van der Waals surface area (Å²) in [5.41, 5.74) is 1.33. The molecule has 7 nitrogen and oxygen atoms in total. The Labute approximate surface area is 169 Å². The van der Waals surface area contributed by atoms with Crippen LogP contribution in [-0.4, -0.2) is 34.0 Å². The predicted octanol–water partition coefficient (Wildman–Crippen LogP) is 4.01. The number of ether oxygens (including phenoxy) is 1. The number of benzene rings is 1. The highest BCUT2D eigenvalue weighted by Crippen LogP contribution is 2.22. The highest BCUT2D eigenvalue weighted by Gasteiger charge is 2.11. The van der Waals surface area contributed by atoms with E-state index in [9.17, 15) is 9.59 Å². The number of carboxylic acid groups (broad SMARTS) is 1. The van der Waals surface area contributed by atoms with Crippen molar-refractivity contribution in [1.29, 1.82) is 0 Å². The van der Waals surface area contributed by atoms with Gasteiger partial charge in [-0.3, -0.25) is 4.79 Å². The summed E-state index contributed by atoms with van der Waals surface area (Å²) in [6.45, 7) is 6.77. The number of halogens is 1. The highest BCUT2D eigenvalue weighted by molar-refractivity contribution is 6.32. The molecule has 0 unspecified atom stereocenters. The molecule has 2 aromatic rings. The molecule has 2 rings (SSSR count).